The average molecular weight is 269 g/mol. The van der Waals surface area contributed by atoms with Gasteiger partial charge >= 0.3 is 5.97 Å². The SMILES string of the molecule is COC(=O)c1ccc(NC(=O)Cc2ccccc2)cc1. The predicted molar refractivity (Wildman–Crippen MR) is 76.6 cm³/mol. The highest BCUT2D eigenvalue weighted by molar-refractivity contribution is 5.93. The number of esters is 1. The summed E-state index contributed by atoms with van der Waals surface area (Å²) in [6.07, 6.45) is 0.319. The Morgan fingerprint density at radius 1 is 1.00 bits per heavy atom. The van der Waals surface area contributed by atoms with Crippen molar-refractivity contribution in [2.75, 3.05) is 12.4 Å². The maximum absolute atomic E-state index is 11.9. The number of rotatable bonds is 4. The molecule has 4 heteroatoms. The number of carbonyl (C=O) groups is 2. The van der Waals surface area contributed by atoms with Crippen LogP contribution < -0.4 is 5.32 Å². The molecule has 4 nitrogen and oxygen atoms in total. The number of carbonyl (C=O) groups excluding carboxylic acids is 2. The fourth-order valence-electron chi connectivity index (χ4n) is 1.79. The molecule has 0 heterocycles. The number of ether oxygens (including phenoxy) is 1. The van der Waals surface area contributed by atoms with Crippen LogP contribution >= 0.6 is 0 Å². The van der Waals surface area contributed by atoms with E-state index in [9.17, 15) is 9.59 Å². The predicted octanol–water partition coefficient (Wildman–Crippen LogP) is 2.65. The third-order valence-corrected chi connectivity index (χ3v) is 2.80. The molecule has 2 rings (SSSR count). The molecule has 102 valence electrons. The van der Waals surface area contributed by atoms with Gasteiger partial charge in [0, 0.05) is 5.69 Å². The van der Waals surface area contributed by atoms with Crippen molar-refractivity contribution in [1.29, 1.82) is 0 Å². The van der Waals surface area contributed by atoms with Crippen LogP contribution in [-0.4, -0.2) is 19.0 Å². The Labute approximate surface area is 117 Å². The Balaban J connectivity index is 1.96. The van der Waals surface area contributed by atoms with Gasteiger partial charge in [0.15, 0.2) is 0 Å². The van der Waals surface area contributed by atoms with Crippen LogP contribution in [0.25, 0.3) is 0 Å². The minimum atomic E-state index is -0.396. The fourth-order valence-corrected chi connectivity index (χ4v) is 1.79. The van der Waals surface area contributed by atoms with Crippen LogP contribution in [0.5, 0.6) is 0 Å². The third-order valence-electron chi connectivity index (χ3n) is 2.80. The number of nitrogens with one attached hydrogen (secondary N) is 1. The van der Waals surface area contributed by atoms with Gasteiger partial charge in [0.1, 0.15) is 0 Å². The lowest BCUT2D eigenvalue weighted by atomic mass is 10.1. The van der Waals surface area contributed by atoms with Crippen molar-refractivity contribution >= 4 is 17.6 Å². The van der Waals surface area contributed by atoms with E-state index in [2.05, 4.69) is 10.1 Å². The van der Waals surface area contributed by atoms with Gasteiger partial charge in [-0.2, -0.15) is 0 Å². The molecule has 2 aromatic rings. The molecule has 1 amide bonds. The molecule has 1 N–H and O–H groups in total. The highest BCUT2D eigenvalue weighted by atomic mass is 16.5. The van der Waals surface area contributed by atoms with Crippen molar-refractivity contribution in [3.63, 3.8) is 0 Å². The summed E-state index contributed by atoms with van der Waals surface area (Å²) >= 11 is 0. The molecule has 0 unspecified atom stereocenters. The number of benzene rings is 2. The van der Waals surface area contributed by atoms with Crippen LogP contribution in [-0.2, 0) is 16.0 Å². The highest BCUT2D eigenvalue weighted by Crippen LogP contribution is 2.11. The average Bonchev–Trinajstić information content (AvgIpc) is 2.48. The first-order valence-corrected chi connectivity index (χ1v) is 6.21. The topological polar surface area (TPSA) is 55.4 Å². The second-order valence-corrected chi connectivity index (χ2v) is 4.28. The monoisotopic (exact) mass is 269 g/mol. The fraction of sp³-hybridized carbons (Fsp3) is 0.125. The highest BCUT2D eigenvalue weighted by Gasteiger charge is 2.06. The van der Waals surface area contributed by atoms with E-state index in [1.165, 1.54) is 7.11 Å². The van der Waals surface area contributed by atoms with Gasteiger partial charge in [-0.15, -0.1) is 0 Å². The molecule has 20 heavy (non-hydrogen) atoms. The molecule has 0 aliphatic heterocycles. The lowest BCUT2D eigenvalue weighted by Crippen LogP contribution is -2.14. The Morgan fingerprint density at radius 2 is 1.65 bits per heavy atom. The van der Waals surface area contributed by atoms with E-state index in [1.807, 2.05) is 30.3 Å². The van der Waals surface area contributed by atoms with Crippen molar-refractivity contribution in [2.24, 2.45) is 0 Å². The van der Waals surface area contributed by atoms with Crippen molar-refractivity contribution in [1.82, 2.24) is 0 Å². The molecule has 0 spiro atoms. The number of methoxy groups -OCH3 is 1. The third kappa shape index (κ3) is 3.68. The van der Waals surface area contributed by atoms with E-state index >= 15 is 0 Å². The van der Waals surface area contributed by atoms with E-state index in [0.29, 0.717) is 17.7 Å². The molecule has 0 atom stereocenters. The lowest BCUT2D eigenvalue weighted by molar-refractivity contribution is -0.115. The molecule has 0 bridgehead atoms. The Kier molecular flexibility index (Phi) is 4.50. The summed E-state index contributed by atoms with van der Waals surface area (Å²) in [7, 11) is 1.33. The second-order valence-electron chi connectivity index (χ2n) is 4.28. The summed E-state index contributed by atoms with van der Waals surface area (Å²) in [5.41, 5.74) is 2.06. The molecule has 0 fully saturated rings. The molecular formula is C16H15NO3. The molecule has 0 aliphatic carbocycles. The van der Waals surface area contributed by atoms with Crippen LogP contribution in [0, 0.1) is 0 Å². The zero-order valence-electron chi connectivity index (χ0n) is 11.1. The summed E-state index contributed by atoms with van der Waals surface area (Å²) in [6, 6.07) is 16.1. The van der Waals surface area contributed by atoms with Crippen molar-refractivity contribution < 1.29 is 14.3 Å². The first-order chi connectivity index (χ1) is 9.69. The van der Waals surface area contributed by atoms with Crippen molar-refractivity contribution in [2.45, 2.75) is 6.42 Å². The summed E-state index contributed by atoms with van der Waals surface area (Å²) < 4.78 is 4.61. The van der Waals surface area contributed by atoms with Gasteiger partial charge in [0.2, 0.25) is 5.91 Å². The standard InChI is InChI=1S/C16H15NO3/c1-20-16(19)13-7-9-14(10-8-13)17-15(18)11-12-5-3-2-4-6-12/h2-10H,11H2,1H3,(H,17,18). The first kappa shape index (κ1) is 13.8. The molecule has 2 aromatic carbocycles. The summed E-state index contributed by atoms with van der Waals surface area (Å²) in [4.78, 5) is 23.1. The van der Waals surface area contributed by atoms with E-state index in [4.69, 9.17) is 0 Å². The van der Waals surface area contributed by atoms with Crippen LogP contribution in [0.2, 0.25) is 0 Å². The number of anilines is 1. The van der Waals surface area contributed by atoms with Crippen LogP contribution in [0.1, 0.15) is 15.9 Å². The summed E-state index contributed by atoms with van der Waals surface area (Å²) in [5, 5.41) is 2.78. The van der Waals surface area contributed by atoms with E-state index < -0.39 is 5.97 Å². The number of amides is 1. The van der Waals surface area contributed by atoms with Crippen molar-refractivity contribution in [3.05, 3.63) is 65.7 Å². The van der Waals surface area contributed by atoms with Gasteiger partial charge in [0.05, 0.1) is 19.1 Å². The van der Waals surface area contributed by atoms with Gasteiger partial charge in [-0.3, -0.25) is 4.79 Å². The number of hydrogen-bond acceptors (Lipinski definition) is 3. The van der Waals surface area contributed by atoms with Gasteiger partial charge < -0.3 is 10.1 Å². The maximum Gasteiger partial charge on any atom is 0.337 e. The zero-order chi connectivity index (χ0) is 14.4. The van der Waals surface area contributed by atoms with E-state index in [1.54, 1.807) is 24.3 Å². The summed E-state index contributed by atoms with van der Waals surface area (Å²) in [5.74, 6) is -0.491. The van der Waals surface area contributed by atoms with E-state index in [-0.39, 0.29) is 5.91 Å². The van der Waals surface area contributed by atoms with Gasteiger partial charge in [-0.25, -0.2) is 4.79 Å². The quantitative estimate of drug-likeness (QED) is 0.868. The lowest BCUT2D eigenvalue weighted by Gasteiger charge is -2.06. The zero-order valence-corrected chi connectivity index (χ0v) is 11.1. The van der Waals surface area contributed by atoms with Gasteiger partial charge in [-0.05, 0) is 29.8 Å². The second kappa shape index (κ2) is 6.52. The normalized spacial score (nSPS) is 9.85. The van der Waals surface area contributed by atoms with Gasteiger partial charge in [-0.1, -0.05) is 30.3 Å². The smallest absolute Gasteiger partial charge is 0.337 e. The largest absolute Gasteiger partial charge is 0.465 e. The first-order valence-electron chi connectivity index (χ1n) is 6.21. The van der Waals surface area contributed by atoms with Gasteiger partial charge in [0.25, 0.3) is 0 Å². The minimum Gasteiger partial charge on any atom is -0.465 e. The Hall–Kier alpha value is -2.62. The molecule has 0 aliphatic rings. The Morgan fingerprint density at radius 3 is 2.25 bits per heavy atom. The molecule has 0 radical (unpaired) electrons. The summed E-state index contributed by atoms with van der Waals surface area (Å²) in [6.45, 7) is 0. The van der Waals surface area contributed by atoms with E-state index in [0.717, 1.165) is 5.56 Å². The van der Waals surface area contributed by atoms with Crippen LogP contribution in [0.15, 0.2) is 54.6 Å². The van der Waals surface area contributed by atoms with Crippen molar-refractivity contribution in [3.8, 4) is 0 Å². The molecule has 0 saturated carbocycles. The maximum atomic E-state index is 11.9. The minimum absolute atomic E-state index is 0.0954. The molecular weight excluding hydrogens is 254 g/mol. The molecule has 0 saturated heterocycles. The Bertz CT molecular complexity index is 591. The van der Waals surface area contributed by atoms with Crippen LogP contribution in [0.4, 0.5) is 5.69 Å². The van der Waals surface area contributed by atoms with Crippen LogP contribution in [0.3, 0.4) is 0 Å². The number of hydrogen-bond donors (Lipinski definition) is 1. The molecule has 0 aromatic heterocycles.